The maximum Gasteiger partial charge on any atom is 0.0670 e. The zero-order valence-electron chi connectivity index (χ0n) is 12.4. The summed E-state index contributed by atoms with van der Waals surface area (Å²) in [6.07, 6.45) is 0.360. The van der Waals surface area contributed by atoms with Gasteiger partial charge in [-0.3, -0.25) is 0 Å². The van der Waals surface area contributed by atoms with Crippen molar-refractivity contribution in [3.63, 3.8) is 0 Å². The lowest BCUT2D eigenvalue weighted by atomic mass is 9.85. The smallest absolute Gasteiger partial charge is 0.0670 e. The third-order valence-electron chi connectivity index (χ3n) is 3.67. The number of nitriles is 1. The van der Waals surface area contributed by atoms with Crippen LogP contribution in [0.5, 0.6) is 0 Å². The molecule has 3 heteroatoms. The molecule has 0 bridgehead atoms. The Morgan fingerprint density at radius 1 is 1.21 bits per heavy atom. The summed E-state index contributed by atoms with van der Waals surface area (Å²) in [5.74, 6) is 1.94. The first-order valence-electron chi connectivity index (χ1n) is 6.95. The molecule has 19 heavy (non-hydrogen) atoms. The van der Waals surface area contributed by atoms with Crippen molar-refractivity contribution in [1.29, 1.82) is 5.26 Å². The van der Waals surface area contributed by atoms with E-state index in [0.717, 1.165) is 17.8 Å². The molecule has 0 aliphatic heterocycles. The topological polar surface area (TPSA) is 61.8 Å². The Balaban J connectivity index is 2.72. The zero-order chi connectivity index (χ0) is 14.4. The van der Waals surface area contributed by atoms with Crippen LogP contribution in [-0.2, 0) is 6.42 Å². The van der Waals surface area contributed by atoms with Crippen molar-refractivity contribution in [2.45, 2.75) is 34.1 Å². The van der Waals surface area contributed by atoms with Crippen LogP contribution in [0.15, 0.2) is 18.2 Å². The van der Waals surface area contributed by atoms with Crippen molar-refractivity contribution in [3.05, 3.63) is 23.8 Å². The lowest BCUT2D eigenvalue weighted by Crippen LogP contribution is -2.24. The van der Waals surface area contributed by atoms with Crippen LogP contribution in [-0.4, -0.2) is 6.54 Å². The molecule has 1 rings (SSSR count). The Morgan fingerprint density at radius 3 is 2.37 bits per heavy atom. The molecule has 3 N–H and O–H groups in total. The number of rotatable bonds is 6. The van der Waals surface area contributed by atoms with E-state index < -0.39 is 0 Å². The monoisotopic (exact) mass is 259 g/mol. The molecule has 0 saturated carbocycles. The van der Waals surface area contributed by atoms with Gasteiger partial charge in [0.2, 0.25) is 0 Å². The standard InChI is InChI=1S/C16H25N3/c1-11(2)15(12(3)4)10-19-14-5-6-16(18)13(9-14)7-8-17/h5-6,9,11-12,15,19H,7,10,18H2,1-4H3. The maximum absolute atomic E-state index is 8.77. The van der Waals surface area contributed by atoms with Crippen LogP contribution in [0.25, 0.3) is 0 Å². The van der Waals surface area contributed by atoms with Gasteiger partial charge in [-0.25, -0.2) is 0 Å². The van der Waals surface area contributed by atoms with Gasteiger partial charge in [0.1, 0.15) is 0 Å². The molecule has 0 heterocycles. The normalized spacial score (nSPS) is 11.1. The molecule has 1 aromatic carbocycles. The SMILES string of the molecule is CC(C)C(CNc1ccc(N)c(CC#N)c1)C(C)C. The Bertz CT molecular complexity index is 436. The highest BCUT2D eigenvalue weighted by molar-refractivity contribution is 5.58. The van der Waals surface area contributed by atoms with E-state index in [4.69, 9.17) is 11.0 Å². The van der Waals surface area contributed by atoms with E-state index in [1.807, 2.05) is 18.2 Å². The number of nitrogens with two attached hydrogens (primary N) is 1. The largest absolute Gasteiger partial charge is 0.398 e. The molecule has 0 amide bonds. The van der Waals surface area contributed by atoms with E-state index in [9.17, 15) is 0 Å². The van der Waals surface area contributed by atoms with Gasteiger partial charge in [-0.2, -0.15) is 5.26 Å². The molecule has 0 aliphatic rings. The third-order valence-corrected chi connectivity index (χ3v) is 3.67. The van der Waals surface area contributed by atoms with Gasteiger partial charge in [-0.05, 0) is 41.5 Å². The second kappa shape index (κ2) is 7.04. The van der Waals surface area contributed by atoms with Crippen molar-refractivity contribution < 1.29 is 0 Å². The van der Waals surface area contributed by atoms with Crippen molar-refractivity contribution in [2.24, 2.45) is 17.8 Å². The van der Waals surface area contributed by atoms with Gasteiger partial charge in [-0.15, -0.1) is 0 Å². The summed E-state index contributed by atoms with van der Waals surface area (Å²) in [5.41, 5.74) is 8.49. The number of hydrogen-bond acceptors (Lipinski definition) is 3. The highest BCUT2D eigenvalue weighted by Gasteiger charge is 2.17. The summed E-state index contributed by atoms with van der Waals surface area (Å²) in [5, 5.41) is 12.2. The van der Waals surface area contributed by atoms with Gasteiger partial charge in [0.25, 0.3) is 0 Å². The van der Waals surface area contributed by atoms with Crippen LogP contribution in [0, 0.1) is 29.1 Å². The van der Waals surface area contributed by atoms with Crippen LogP contribution in [0.4, 0.5) is 11.4 Å². The van der Waals surface area contributed by atoms with Crippen molar-refractivity contribution in [3.8, 4) is 6.07 Å². The average molecular weight is 259 g/mol. The molecule has 1 aromatic rings. The second-order valence-corrected chi connectivity index (χ2v) is 5.78. The minimum absolute atomic E-state index is 0.360. The Hall–Kier alpha value is -1.69. The molecule has 0 radical (unpaired) electrons. The molecule has 0 spiro atoms. The number of nitrogen functional groups attached to an aromatic ring is 1. The molecular formula is C16H25N3. The van der Waals surface area contributed by atoms with Gasteiger partial charge in [0, 0.05) is 17.9 Å². The van der Waals surface area contributed by atoms with E-state index >= 15 is 0 Å². The summed E-state index contributed by atoms with van der Waals surface area (Å²) in [4.78, 5) is 0. The first kappa shape index (κ1) is 15.4. The van der Waals surface area contributed by atoms with Crippen LogP contribution >= 0.6 is 0 Å². The van der Waals surface area contributed by atoms with Crippen LogP contribution < -0.4 is 11.1 Å². The van der Waals surface area contributed by atoms with Gasteiger partial charge >= 0.3 is 0 Å². The first-order valence-corrected chi connectivity index (χ1v) is 6.95. The Labute approximate surface area is 116 Å². The van der Waals surface area contributed by atoms with Gasteiger partial charge in [0.05, 0.1) is 12.5 Å². The minimum Gasteiger partial charge on any atom is -0.398 e. The van der Waals surface area contributed by atoms with Crippen LogP contribution in [0.2, 0.25) is 0 Å². The van der Waals surface area contributed by atoms with E-state index in [1.54, 1.807) is 0 Å². The first-order chi connectivity index (χ1) is 8.95. The van der Waals surface area contributed by atoms with E-state index in [1.165, 1.54) is 0 Å². The number of nitrogens with zero attached hydrogens (tertiary/aromatic N) is 1. The summed E-state index contributed by atoms with van der Waals surface area (Å²) in [7, 11) is 0. The molecule has 0 atom stereocenters. The fourth-order valence-electron chi connectivity index (χ4n) is 2.43. The Kier molecular flexibility index (Phi) is 5.69. The fourth-order valence-corrected chi connectivity index (χ4v) is 2.43. The van der Waals surface area contributed by atoms with E-state index in [-0.39, 0.29) is 0 Å². The summed E-state index contributed by atoms with van der Waals surface area (Å²) in [6.45, 7) is 9.99. The Morgan fingerprint density at radius 2 is 1.84 bits per heavy atom. The number of hydrogen-bond donors (Lipinski definition) is 2. The molecule has 0 aromatic heterocycles. The molecule has 0 saturated heterocycles. The van der Waals surface area contributed by atoms with Crippen molar-refractivity contribution in [1.82, 2.24) is 0 Å². The number of nitrogens with one attached hydrogen (secondary N) is 1. The average Bonchev–Trinajstić information content (AvgIpc) is 2.32. The van der Waals surface area contributed by atoms with E-state index in [0.29, 0.717) is 29.9 Å². The molecule has 104 valence electrons. The van der Waals surface area contributed by atoms with Crippen molar-refractivity contribution in [2.75, 3.05) is 17.6 Å². The second-order valence-electron chi connectivity index (χ2n) is 5.78. The highest BCUT2D eigenvalue weighted by atomic mass is 14.9. The quantitative estimate of drug-likeness (QED) is 0.766. The minimum atomic E-state index is 0.360. The van der Waals surface area contributed by atoms with Gasteiger partial charge < -0.3 is 11.1 Å². The maximum atomic E-state index is 8.77. The summed E-state index contributed by atoms with van der Waals surface area (Å²) >= 11 is 0. The zero-order valence-corrected chi connectivity index (χ0v) is 12.4. The summed E-state index contributed by atoms with van der Waals surface area (Å²) < 4.78 is 0. The molecule has 0 unspecified atom stereocenters. The lowest BCUT2D eigenvalue weighted by Gasteiger charge is -2.25. The number of benzene rings is 1. The molecule has 3 nitrogen and oxygen atoms in total. The van der Waals surface area contributed by atoms with E-state index in [2.05, 4.69) is 39.1 Å². The molecule has 0 fully saturated rings. The van der Waals surface area contributed by atoms with Gasteiger partial charge in [0.15, 0.2) is 0 Å². The molecule has 0 aliphatic carbocycles. The molecular weight excluding hydrogens is 234 g/mol. The predicted molar refractivity (Wildman–Crippen MR) is 81.8 cm³/mol. The van der Waals surface area contributed by atoms with Gasteiger partial charge in [-0.1, -0.05) is 27.7 Å². The van der Waals surface area contributed by atoms with Crippen LogP contribution in [0.1, 0.15) is 33.3 Å². The third kappa shape index (κ3) is 4.48. The fraction of sp³-hybridized carbons (Fsp3) is 0.562. The van der Waals surface area contributed by atoms with Crippen LogP contribution in [0.3, 0.4) is 0 Å². The highest BCUT2D eigenvalue weighted by Crippen LogP contribution is 2.23. The van der Waals surface area contributed by atoms with Crippen molar-refractivity contribution >= 4 is 11.4 Å². The number of anilines is 2. The summed E-state index contributed by atoms with van der Waals surface area (Å²) in [6, 6.07) is 7.98. The lowest BCUT2D eigenvalue weighted by molar-refractivity contribution is 0.304. The predicted octanol–water partition coefficient (Wildman–Crippen LogP) is 3.67.